The zero-order chi connectivity index (χ0) is 27.4. The monoisotopic (exact) mass is 526 g/mol. The number of aromatic nitrogens is 1. The molecule has 38 heavy (non-hydrogen) atoms. The molecule has 8 heteroatoms. The van der Waals surface area contributed by atoms with Crippen molar-refractivity contribution in [1.29, 1.82) is 0 Å². The molecule has 0 spiro atoms. The quantitative estimate of drug-likeness (QED) is 0.313. The molecule has 1 aliphatic carbocycles. The molecule has 2 unspecified atom stereocenters. The maximum atomic E-state index is 14.3. The van der Waals surface area contributed by atoms with Crippen LogP contribution in [0.15, 0.2) is 54.6 Å². The van der Waals surface area contributed by atoms with Crippen molar-refractivity contribution >= 4 is 11.6 Å². The highest BCUT2D eigenvalue weighted by Crippen LogP contribution is 2.44. The maximum absolute atomic E-state index is 14.3. The lowest BCUT2D eigenvalue weighted by Crippen LogP contribution is -2.28. The van der Waals surface area contributed by atoms with Gasteiger partial charge in [-0.2, -0.15) is 13.2 Å². The van der Waals surface area contributed by atoms with E-state index in [2.05, 4.69) is 4.98 Å². The lowest BCUT2D eigenvalue weighted by molar-refractivity contribution is -0.139. The molecule has 0 saturated heterocycles. The van der Waals surface area contributed by atoms with Gasteiger partial charge in [-0.25, -0.2) is 4.98 Å². The second-order valence-corrected chi connectivity index (χ2v) is 9.97. The zero-order valence-electron chi connectivity index (χ0n) is 22.1. The average Bonchev–Trinajstić information content (AvgIpc) is 2.89. The Kier molecular flexibility index (Phi) is 8.29. The molecule has 1 fully saturated rings. The van der Waals surface area contributed by atoms with E-state index in [1.54, 1.807) is 14.2 Å². The van der Waals surface area contributed by atoms with Gasteiger partial charge in [0.15, 0.2) is 0 Å². The highest BCUT2D eigenvalue weighted by Gasteiger charge is 2.41. The van der Waals surface area contributed by atoms with Crippen molar-refractivity contribution in [2.75, 3.05) is 19.1 Å². The number of nitrogens with zero attached hydrogens (tertiary/aromatic N) is 2. The summed E-state index contributed by atoms with van der Waals surface area (Å²) in [5, 5.41) is 0. The Hall–Kier alpha value is -3.55. The minimum Gasteiger partial charge on any atom is -0.497 e. The van der Waals surface area contributed by atoms with Gasteiger partial charge in [0.1, 0.15) is 23.1 Å². The maximum Gasteiger partial charge on any atom is 0.418 e. The second kappa shape index (κ2) is 11.5. The fourth-order valence-corrected chi connectivity index (χ4v) is 5.10. The first kappa shape index (κ1) is 27.5. The number of methoxy groups -OCH3 is 2. The molecule has 0 N–H and O–H groups in total. The van der Waals surface area contributed by atoms with E-state index in [0.29, 0.717) is 31.7 Å². The van der Waals surface area contributed by atoms with Crippen LogP contribution in [0.25, 0.3) is 0 Å². The summed E-state index contributed by atoms with van der Waals surface area (Å²) in [7, 11) is 3.19. The lowest BCUT2D eigenvalue weighted by Gasteiger charge is -2.32. The van der Waals surface area contributed by atoms with E-state index in [-0.39, 0.29) is 29.4 Å². The summed E-state index contributed by atoms with van der Waals surface area (Å²) in [5.41, 5.74) is 1.28. The molecular formula is C30H33F3N2O3. The molecule has 0 aliphatic heterocycles. The molecule has 4 rings (SSSR count). The summed E-state index contributed by atoms with van der Waals surface area (Å²) in [6.07, 6.45) is -3.52. The molecule has 2 aromatic carbocycles. The Morgan fingerprint density at radius 1 is 0.947 bits per heavy atom. The number of pyridine rings is 1. The van der Waals surface area contributed by atoms with Crippen molar-refractivity contribution < 1.29 is 27.4 Å². The molecule has 0 amide bonds. The van der Waals surface area contributed by atoms with Crippen LogP contribution in [-0.2, 0) is 24.1 Å². The number of Topliss-reactive ketones (excluding diaryl/α,β-unsaturated/α-hetero) is 1. The Morgan fingerprint density at radius 3 is 1.95 bits per heavy atom. The van der Waals surface area contributed by atoms with E-state index in [0.717, 1.165) is 22.6 Å². The van der Waals surface area contributed by atoms with Crippen molar-refractivity contribution in [1.82, 2.24) is 4.98 Å². The number of anilines is 1. The highest BCUT2D eigenvalue weighted by atomic mass is 19.4. The van der Waals surface area contributed by atoms with Crippen LogP contribution in [0.4, 0.5) is 19.0 Å². The number of rotatable bonds is 8. The van der Waals surface area contributed by atoms with Gasteiger partial charge in [-0.1, -0.05) is 31.2 Å². The van der Waals surface area contributed by atoms with Crippen molar-refractivity contribution in [2.45, 2.75) is 58.3 Å². The minimum atomic E-state index is -4.57. The topological polar surface area (TPSA) is 51.7 Å². The van der Waals surface area contributed by atoms with Crippen LogP contribution in [-0.4, -0.2) is 25.0 Å². The van der Waals surface area contributed by atoms with Gasteiger partial charge in [0.05, 0.1) is 25.5 Å². The molecule has 1 aromatic heterocycles. The number of benzene rings is 2. The molecule has 202 valence electrons. The molecule has 2 atom stereocenters. The SMILES string of the molecule is COc1ccc(CN(Cc2ccc(OC)cc2)c2cc(C)c(C(F)(F)F)c(C3CC(=O)CCC3C)n2)cc1. The van der Waals surface area contributed by atoms with Gasteiger partial charge in [0, 0.05) is 31.8 Å². The second-order valence-electron chi connectivity index (χ2n) is 9.97. The number of halogens is 3. The summed E-state index contributed by atoms with van der Waals surface area (Å²) in [6, 6.07) is 16.6. The molecule has 0 radical (unpaired) electrons. The summed E-state index contributed by atoms with van der Waals surface area (Å²) in [6.45, 7) is 4.23. The Morgan fingerprint density at radius 2 is 1.47 bits per heavy atom. The predicted octanol–water partition coefficient (Wildman–Crippen LogP) is 7.11. The molecule has 1 saturated carbocycles. The van der Waals surface area contributed by atoms with E-state index in [9.17, 15) is 18.0 Å². The van der Waals surface area contributed by atoms with Crippen molar-refractivity contribution in [3.63, 3.8) is 0 Å². The fraction of sp³-hybridized carbons (Fsp3) is 0.400. The van der Waals surface area contributed by atoms with Crippen LogP contribution in [0, 0.1) is 12.8 Å². The van der Waals surface area contributed by atoms with Crippen LogP contribution >= 0.6 is 0 Å². The molecule has 5 nitrogen and oxygen atoms in total. The first-order valence-electron chi connectivity index (χ1n) is 12.7. The minimum absolute atomic E-state index is 0.0144. The molecule has 1 aliphatic rings. The van der Waals surface area contributed by atoms with Crippen LogP contribution in [0.5, 0.6) is 11.5 Å². The molecule has 3 aromatic rings. The van der Waals surface area contributed by atoms with Gasteiger partial charge >= 0.3 is 6.18 Å². The number of hydrogen-bond acceptors (Lipinski definition) is 5. The smallest absolute Gasteiger partial charge is 0.418 e. The number of carbonyl (C=O) groups excluding carboxylic acids is 1. The van der Waals surface area contributed by atoms with Gasteiger partial charge < -0.3 is 14.4 Å². The van der Waals surface area contributed by atoms with Gasteiger partial charge in [-0.3, -0.25) is 4.79 Å². The largest absolute Gasteiger partial charge is 0.497 e. The highest BCUT2D eigenvalue weighted by molar-refractivity contribution is 5.80. The summed E-state index contributed by atoms with van der Waals surface area (Å²) in [4.78, 5) is 18.9. The van der Waals surface area contributed by atoms with Crippen molar-refractivity contribution in [2.24, 2.45) is 5.92 Å². The summed E-state index contributed by atoms with van der Waals surface area (Å²) >= 11 is 0. The van der Waals surface area contributed by atoms with E-state index in [4.69, 9.17) is 9.47 Å². The number of aryl methyl sites for hydroxylation is 1. The number of hydrogen-bond donors (Lipinski definition) is 0. The standard InChI is InChI=1S/C30H33F3N2O3/c1-19-5-10-23(36)16-26(19)29-28(30(31,32)33)20(2)15-27(34-29)35(17-21-6-11-24(37-3)12-7-21)18-22-8-13-25(38-4)14-9-22/h6-9,11-15,19,26H,5,10,16-18H2,1-4H3. The Labute approximate surface area is 221 Å². The number of ether oxygens (including phenoxy) is 2. The zero-order valence-corrected chi connectivity index (χ0v) is 22.1. The van der Waals surface area contributed by atoms with Crippen LogP contribution in [0.3, 0.4) is 0 Å². The van der Waals surface area contributed by atoms with Gasteiger partial charge in [0.2, 0.25) is 0 Å². The molecular weight excluding hydrogens is 493 g/mol. The Balaban J connectivity index is 1.80. The average molecular weight is 527 g/mol. The number of ketones is 1. The van der Waals surface area contributed by atoms with Crippen LogP contribution in [0.2, 0.25) is 0 Å². The molecule has 0 bridgehead atoms. The van der Waals surface area contributed by atoms with Gasteiger partial charge in [-0.05, 0) is 66.3 Å². The Bertz CT molecular complexity index is 1210. The van der Waals surface area contributed by atoms with Crippen LogP contribution in [0.1, 0.15) is 60.1 Å². The van der Waals surface area contributed by atoms with E-state index >= 15 is 0 Å². The third-order valence-corrected chi connectivity index (χ3v) is 7.27. The summed E-state index contributed by atoms with van der Waals surface area (Å²) in [5.74, 6) is 1.22. The van der Waals surface area contributed by atoms with Crippen molar-refractivity contribution in [3.8, 4) is 11.5 Å². The van der Waals surface area contributed by atoms with E-state index < -0.39 is 17.7 Å². The first-order chi connectivity index (χ1) is 18.1. The van der Waals surface area contributed by atoms with Crippen molar-refractivity contribution in [3.05, 3.63) is 82.5 Å². The van der Waals surface area contributed by atoms with Gasteiger partial charge in [0.25, 0.3) is 0 Å². The van der Waals surface area contributed by atoms with E-state index in [1.165, 1.54) is 13.0 Å². The van der Waals surface area contributed by atoms with Crippen LogP contribution < -0.4 is 14.4 Å². The number of carbonyl (C=O) groups is 1. The van der Waals surface area contributed by atoms with E-state index in [1.807, 2.05) is 60.4 Å². The predicted molar refractivity (Wildman–Crippen MR) is 141 cm³/mol. The first-order valence-corrected chi connectivity index (χ1v) is 12.7. The fourth-order valence-electron chi connectivity index (χ4n) is 5.10. The lowest BCUT2D eigenvalue weighted by atomic mass is 9.76. The number of alkyl halides is 3. The third kappa shape index (κ3) is 6.29. The summed E-state index contributed by atoms with van der Waals surface area (Å²) < 4.78 is 53.4. The third-order valence-electron chi connectivity index (χ3n) is 7.27. The normalized spacial score (nSPS) is 17.8. The molecule has 1 heterocycles. The van der Waals surface area contributed by atoms with Gasteiger partial charge in [-0.15, -0.1) is 0 Å².